The first-order chi connectivity index (χ1) is 12.2. The number of carbonyl (C=O) groups is 2. The molecular weight excluding hydrogens is 326 g/mol. The summed E-state index contributed by atoms with van der Waals surface area (Å²) < 4.78 is 2.22. The van der Waals surface area contributed by atoms with Crippen LogP contribution < -0.4 is 5.32 Å². The van der Waals surface area contributed by atoms with Crippen molar-refractivity contribution in [1.29, 1.82) is 0 Å². The molecule has 5 heteroatoms. The number of aromatic nitrogens is 1. The molecule has 3 amide bonds. The summed E-state index contributed by atoms with van der Waals surface area (Å²) in [4.78, 5) is 25.4. The minimum atomic E-state index is -0.359. The summed E-state index contributed by atoms with van der Waals surface area (Å²) in [5, 5.41) is 2.67. The number of nitrogens with zero attached hydrogens (tertiary/aromatic N) is 2. The molecule has 0 bridgehead atoms. The summed E-state index contributed by atoms with van der Waals surface area (Å²) >= 11 is 0. The zero-order valence-corrected chi connectivity index (χ0v) is 16.2. The number of imide groups is 1. The number of hydrogen-bond donors (Lipinski definition) is 1. The Morgan fingerprint density at radius 1 is 1.00 bits per heavy atom. The predicted molar refractivity (Wildman–Crippen MR) is 103 cm³/mol. The molecule has 0 unspecified atom stereocenters. The molecule has 1 N–H and O–H groups in total. The van der Waals surface area contributed by atoms with Gasteiger partial charge in [-0.3, -0.25) is 9.69 Å². The summed E-state index contributed by atoms with van der Waals surface area (Å²) in [6.07, 6.45) is 1.77. The molecule has 1 aromatic carbocycles. The molecular formula is C21H25N3O2. The van der Waals surface area contributed by atoms with Crippen molar-refractivity contribution in [3.05, 3.63) is 57.5 Å². The van der Waals surface area contributed by atoms with E-state index in [1.807, 2.05) is 6.92 Å². The number of rotatable bonds is 3. The van der Waals surface area contributed by atoms with E-state index >= 15 is 0 Å². The van der Waals surface area contributed by atoms with Crippen LogP contribution in [-0.2, 0) is 4.79 Å². The van der Waals surface area contributed by atoms with Gasteiger partial charge in [-0.1, -0.05) is 17.7 Å². The van der Waals surface area contributed by atoms with Crippen LogP contribution in [0.4, 0.5) is 4.79 Å². The number of nitrogens with one attached hydrogen (secondary N) is 1. The largest absolute Gasteiger partial charge is 0.328 e. The molecule has 1 aromatic heterocycles. The number of benzene rings is 1. The number of likely N-dealkylation sites (N-methyl/N-ethyl adjacent to an activating group) is 1. The van der Waals surface area contributed by atoms with E-state index in [1.165, 1.54) is 27.3 Å². The van der Waals surface area contributed by atoms with Crippen molar-refractivity contribution in [2.45, 2.75) is 41.5 Å². The van der Waals surface area contributed by atoms with Gasteiger partial charge in [0.1, 0.15) is 5.70 Å². The third kappa shape index (κ3) is 2.83. The number of hydrogen-bond acceptors (Lipinski definition) is 2. The fourth-order valence-corrected chi connectivity index (χ4v) is 3.82. The van der Waals surface area contributed by atoms with E-state index in [4.69, 9.17) is 0 Å². The van der Waals surface area contributed by atoms with Crippen molar-refractivity contribution in [3.63, 3.8) is 0 Å². The lowest BCUT2D eigenvalue weighted by molar-refractivity contribution is -0.122. The second-order valence-corrected chi connectivity index (χ2v) is 6.95. The lowest BCUT2D eigenvalue weighted by atomic mass is 10.0. The van der Waals surface area contributed by atoms with Crippen molar-refractivity contribution in [1.82, 2.24) is 14.8 Å². The van der Waals surface area contributed by atoms with Crippen LogP contribution in [0.3, 0.4) is 0 Å². The van der Waals surface area contributed by atoms with E-state index in [1.54, 1.807) is 13.0 Å². The Morgan fingerprint density at radius 3 is 2.15 bits per heavy atom. The van der Waals surface area contributed by atoms with Gasteiger partial charge in [0.2, 0.25) is 0 Å². The first kappa shape index (κ1) is 18.0. The minimum Gasteiger partial charge on any atom is -0.317 e. The topological polar surface area (TPSA) is 54.3 Å². The van der Waals surface area contributed by atoms with Crippen molar-refractivity contribution < 1.29 is 9.59 Å². The van der Waals surface area contributed by atoms with E-state index in [0.29, 0.717) is 12.2 Å². The molecule has 3 rings (SSSR count). The van der Waals surface area contributed by atoms with E-state index in [9.17, 15) is 9.59 Å². The fraction of sp³-hybridized carbons (Fsp3) is 0.333. The minimum absolute atomic E-state index is 0.273. The van der Waals surface area contributed by atoms with E-state index < -0.39 is 0 Å². The molecule has 1 saturated heterocycles. The molecule has 5 nitrogen and oxygen atoms in total. The highest BCUT2D eigenvalue weighted by Crippen LogP contribution is 2.28. The Bertz CT molecular complexity index is 927. The van der Waals surface area contributed by atoms with Crippen LogP contribution in [0.5, 0.6) is 0 Å². The maximum atomic E-state index is 12.3. The van der Waals surface area contributed by atoms with Crippen LogP contribution in [-0.4, -0.2) is 28.0 Å². The smallest absolute Gasteiger partial charge is 0.317 e. The highest BCUT2D eigenvalue weighted by Gasteiger charge is 2.32. The summed E-state index contributed by atoms with van der Waals surface area (Å²) in [5.74, 6) is -0.273. The molecule has 0 spiro atoms. The third-order valence-corrected chi connectivity index (χ3v) is 4.91. The van der Waals surface area contributed by atoms with Crippen molar-refractivity contribution >= 4 is 18.0 Å². The fourth-order valence-electron chi connectivity index (χ4n) is 3.82. The maximum Gasteiger partial charge on any atom is 0.328 e. The SMILES string of the molecule is CCN1C(=O)N/C(=C/c2cc(C)n(-c3c(C)cc(C)cc3C)c2C)C1=O. The van der Waals surface area contributed by atoms with Crippen LogP contribution in [0.15, 0.2) is 23.9 Å². The van der Waals surface area contributed by atoms with Gasteiger partial charge in [-0.05, 0) is 70.4 Å². The number of carbonyl (C=O) groups excluding carboxylic acids is 2. The second kappa shape index (κ2) is 6.48. The highest BCUT2D eigenvalue weighted by atomic mass is 16.2. The van der Waals surface area contributed by atoms with Gasteiger partial charge in [0.15, 0.2) is 0 Å². The van der Waals surface area contributed by atoms with E-state index in [0.717, 1.165) is 17.0 Å². The maximum absolute atomic E-state index is 12.3. The highest BCUT2D eigenvalue weighted by molar-refractivity contribution is 6.14. The second-order valence-electron chi connectivity index (χ2n) is 6.95. The lowest BCUT2D eigenvalue weighted by Crippen LogP contribution is -2.30. The van der Waals surface area contributed by atoms with Gasteiger partial charge in [0.25, 0.3) is 5.91 Å². The number of amides is 3. The number of aryl methyl sites for hydroxylation is 4. The van der Waals surface area contributed by atoms with Crippen molar-refractivity contribution in [2.75, 3.05) is 6.54 Å². The Labute approximate surface area is 154 Å². The van der Waals surface area contributed by atoms with Crippen LogP contribution >= 0.6 is 0 Å². The van der Waals surface area contributed by atoms with Crippen LogP contribution in [0, 0.1) is 34.6 Å². The molecule has 1 aliphatic heterocycles. The van der Waals surface area contributed by atoms with Gasteiger partial charge in [-0.2, -0.15) is 0 Å². The van der Waals surface area contributed by atoms with Crippen LogP contribution in [0.2, 0.25) is 0 Å². The zero-order chi connectivity index (χ0) is 19.2. The molecule has 2 heterocycles. The molecule has 0 saturated carbocycles. The van der Waals surface area contributed by atoms with E-state index in [-0.39, 0.29) is 11.9 Å². The average molecular weight is 351 g/mol. The van der Waals surface area contributed by atoms with Gasteiger partial charge in [0.05, 0.1) is 5.69 Å². The molecule has 136 valence electrons. The Hall–Kier alpha value is -2.82. The molecule has 0 aliphatic carbocycles. The van der Waals surface area contributed by atoms with Gasteiger partial charge in [0, 0.05) is 17.9 Å². The average Bonchev–Trinajstić information content (AvgIpc) is 2.97. The standard InChI is InChI=1S/C21H25N3O2/c1-7-23-20(25)18(22-21(23)26)11-17-10-15(5)24(16(17)6)19-13(3)8-12(2)9-14(19)4/h8-11H,7H2,1-6H3,(H,22,26)/b18-11+. The van der Waals surface area contributed by atoms with Gasteiger partial charge in [-0.15, -0.1) is 0 Å². The summed E-state index contributed by atoms with van der Waals surface area (Å²) in [5.41, 5.74) is 8.24. The summed E-state index contributed by atoms with van der Waals surface area (Å²) in [6.45, 7) is 12.6. The zero-order valence-electron chi connectivity index (χ0n) is 16.2. The normalized spacial score (nSPS) is 15.9. The van der Waals surface area contributed by atoms with Gasteiger partial charge in [-0.25, -0.2) is 4.79 Å². The lowest BCUT2D eigenvalue weighted by Gasteiger charge is -2.17. The quantitative estimate of drug-likeness (QED) is 0.673. The van der Waals surface area contributed by atoms with Crippen molar-refractivity contribution in [2.24, 2.45) is 0 Å². The third-order valence-electron chi connectivity index (χ3n) is 4.91. The van der Waals surface area contributed by atoms with Crippen molar-refractivity contribution in [3.8, 4) is 5.69 Å². The first-order valence-corrected chi connectivity index (χ1v) is 8.86. The molecule has 0 radical (unpaired) electrons. The predicted octanol–water partition coefficient (Wildman–Crippen LogP) is 3.93. The Balaban J connectivity index is 2.10. The molecule has 1 aliphatic rings. The molecule has 2 aromatic rings. The molecule has 1 fully saturated rings. The van der Waals surface area contributed by atoms with E-state index in [2.05, 4.69) is 55.8 Å². The Morgan fingerprint density at radius 2 is 1.62 bits per heavy atom. The summed E-state index contributed by atoms with van der Waals surface area (Å²) in [7, 11) is 0. The molecule has 26 heavy (non-hydrogen) atoms. The Kier molecular flexibility index (Phi) is 4.48. The monoisotopic (exact) mass is 351 g/mol. The molecule has 0 atom stereocenters. The first-order valence-electron chi connectivity index (χ1n) is 8.86. The van der Waals surface area contributed by atoms with Crippen LogP contribution in [0.1, 0.15) is 40.6 Å². The van der Waals surface area contributed by atoms with Gasteiger partial charge < -0.3 is 9.88 Å². The number of urea groups is 1. The van der Waals surface area contributed by atoms with Crippen LogP contribution in [0.25, 0.3) is 11.8 Å². The summed E-state index contributed by atoms with van der Waals surface area (Å²) in [6, 6.07) is 6.05. The van der Waals surface area contributed by atoms with Gasteiger partial charge >= 0.3 is 6.03 Å².